The number of carbonyl (C=O) groups excluding carboxylic acids is 1. The Morgan fingerprint density at radius 3 is 3.20 bits per heavy atom. The Morgan fingerprint density at radius 1 is 1.53 bits per heavy atom. The van der Waals surface area contributed by atoms with Crippen molar-refractivity contribution in [2.75, 3.05) is 0 Å². The quantitative estimate of drug-likeness (QED) is 0.665. The second kappa shape index (κ2) is 3.17. The molecule has 0 bridgehead atoms. The summed E-state index contributed by atoms with van der Waals surface area (Å²) >= 11 is 1.57. The third-order valence-corrected chi connectivity index (χ3v) is 4.22. The lowest BCUT2D eigenvalue weighted by atomic mass is 9.89. The summed E-state index contributed by atoms with van der Waals surface area (Å²) in [5.41, 5.74) is 0. The Balaban J connectivity index is 1.77. The van der Waals surface area contributed by atoms with Gasteiger partial charge in [0.25, 0.3) is 5.91 Å². The molecule has 0 N–H and O–H groups in total. The van der Waals surface area contributed by atoms with Gasteiger partial charge in [0, 0.05) is 0 Å². The molecule has 0 saturated carbocycles. The van der Waals surface area contributed by atoms with E-state index in [-0.39, 0.29) is 5.91 Å². The van der Waals surface area contributed by atoms with Crippen LogP contribution in [0.4, 0.5) is 0 Å². The van der Waals surface area contributed by atoms with Crippen LogP contribution in [-0.4, -0.2) is 22.0 Å². The minimum atomic E-state index is -0.394. The fourth-order valence-corrected chi connectivity index (χ4v) is 3.05. The lowest BCUT2D eigenvalue weighted by Crippen LogP contribution is -2.28. The first kappa shape index (κ1) is 9.09. The van der Waals surface area contributed by atoms with Gasteiger partial charge in [-0.3, -0.25) is 4.79 Å². The smallest absolute Gasteiger partial charge is 0.270 e. The van der Waals surface area contributed by atoms with Crippen molar-refractivity contribution in [3.8, 4) is 0 Å². The first-order valence-electron chi connectivity index (χ1n) is 4.99. The number of thioether (sulfide) groups is 1. The monoisotopic (exact) mass is 218 g/mol. The van der Waals surface area contributed by atoms with Crippen molar-refractivity contribution >= 4 is 29.1 Å². The Morgan fingerprint density at radius 2 is 2.47 bits per heavy atom. The lowest BCUT2D eigenvalue weighted by molar-refractivity contribution is -0.118. The lowest BCUT2D eigenvalue weighted by Gasteiger charge is -2.17. The van der Waals surface area contributed by atoms with E-state index in [4.69, 9.17) is 0 Å². The van der Waals surface area contributed by atoms with E-state index in [1.165, 1.54) is 6.34 Å². The molecule has 1 fully saturated rings. The molecule has 1 amide bonds. The van der Waals surface area contributed by atoms with E-state index < -0.39 is 4.75 Å². The molecule has 1 aliphatic carbocycles. The van der Waals surface area contributed by atoms with Gasteiger partial charge in [-0.15, -0.1) is 0 Å². The molecule has 0 aromatic carbocycles. The Labute approximate surface area is 92.1 Å². The SMILES string of the molecule is O=C1N=CN=C2SC12CC1C=CC=CC1. The molecule has 0 aromatic heterocycles. The van der Waals surface area contributed by atoms with E-state index in [1.807, 2.05) is 12.2 Å². The fraction of sp³-hybridized carbons (Fsp3) is 0.364. The van der Waals surface area contributed by atoms with Gasteiger partial charge in [0.1, 0.15) is 11.4 Å². The molecule has 0 aromatic rings. The molecule has 3 aliphatic rings. The number of hydrogen-bond donors (Lipinski definition) is 0. The molecule has 76 valence electrons. The molecule has 0 spiro atoms. The van der Waals surface area contributed by atoms with E-state index in [0.717, 1.165) is 17.9 Å². The average molecular weight is 218 g/mol. The van der Waals surface area contributed by atoms with Gasteiger partial charge in [-0.2, -0.15) is 4.99 Å². The molecule has 4 heteroatoms. The van der Waals surface area contributed by atoms with Gasteiger partial charge in [-0.1, -0.05) is 36.1 Å². The van der Waals surface area contributed by atoms with Gasteiger partial charge in [0.2, 0.25) is 0 Å². The summed E-state index contributed by atoms with van der Waals surface area (Å²) in [6, 6.07) is 0. The third kappa shape index (κ3) is 1.40. The van der Waals surface area contributed by atoms with E-state index in [9.17, 15) is 4.79 Å². The van der Waals surface area contributed by atoms with Crippen LogP contribution < -0.4 is 0 Å². The summed E-state index contributed by atoms with van der Waals surface area (Å²) in [6.07, 6.45) is 11.6. The highest BCUT2D eigenvalue weighted by Crippen LogP contribution is 2.54. The number of aliphatic imine (C=N–C) groups is 2. The minimum Gasteiger partial charge on any atom is -0.270 e. The van der Waals surface area contributed by atoms with Crippen LogP contribution in [0.1, 0.15) is 12.8 Å². The molecular weight excluding hydrogens is 208 g/mol. The number of fused-ring (bicyclic) bond motifs is 1. The maximum Gasteiger partial charge on any atom is 0.270 e. The number of rotatable bonds is 2. The highest BCUT2D eigenvalue weighted by Gasteiger charge is 2.60. The number of hydrogen-bond acceptors (Lipinski definition) is 3. The van der Waals surface area contributed by atoms with Crippen LogP contribution in [0.25, 0.3) is 0 Å². The van der Waals surface area contributed by atoms with Crippen molar-refractivity contribution < 1.29 is 4.79 Å². The van der Waals surface area contributed by atoms with Crippen LogP contribution >= 0.6 is 11.8 Å². The second-order valence-corrected chi connectivity index (χ2v) is 5.21. The summed E-state index contributed by atoms with van der Waals surface area (Å²) in [7, 11) is 0. The van der Waals surface area contributed by atoms with Crippen molar-refractivity contribution in [3.05, 3.63) is 24.3 Å². The van der Waals surface area contributed by atoms with Gasteiger partial charge in [-0.25, -0.2) is 4.99 Å². The van der Waals surface area contributed by atoms with Crippen LogP contribution in [-0.2, 0) is 4.79 Å². The summed E-state index contributed by atoms with van der Waals surface area (Å²) in [5.74, 6) is 0.424. The van der Waals surface area contributed by atoms with Crippen molar-refractivity contribution in [2.45, 2.75) is 17.6 Å². The predicted molar refractivity (Wildman–Crippen MR) is 62.3 cm³/mol. The zero-order valence-corrected chi connectivity index (χ0v) is 8.91. The number of carbonyl (C=O) groups is 1. The standard InChI is InChI=1S/C11H10N2OS/c14-9-11(10(15-11)13-7-12-9)6-8-4-2-1-3-5-8/h1-4,7-8H,5-6H2. The van der Waals surface area contributed by atoms with Gasteiger partial charge < -0.3 is 0 Å². The molecule has 3 rings (SSSR count). The van der Waals surface area contributed by atoms with Crippen LogP contribution in [0.5, 0.6) is 0 Å². The van der Waals surface area contributed by atoms with Crippen LogP contribution in [0.3, 0.4) is 0 Å². The Bertz CT molecular complexity index is 432. The van der Waals surface area contributed by atoms with Crippen molar-refractivity contribution in [1.29, 1.82) is 0 Å². The highest BCUT2D eigenvalue weighted by atomic mass is 32.2. The van der Waals surface area contributed by atoms with Crippen molar-refractivity contribution in [1.82, 2.24) is 0 Å². The number of nitrogens with zero attached hydrogens (tertiary/aromatic N) is 2. The summed E-state index contributed by atoms with van der Waals surface area (Å²) < 4.78 is -0.394. The zero-order chi connectivity index (χ0) is 10.3. The van der Waals surface area contributed by atoms with Crippen molar-refractivity contribution in [2.24, 2.45) is 15.9 Å². The molecule has 15 heavy (non-hydrogen) atoms. The normalized spacial score (nSPS) is 36.4. The molecule has 0 radical (unpaired) electrons. The zero-order valence-electron chi connectivity index (χ0n) is 8.09. The van der Waals surface area contributed by atoms with Crippen molar-refractivity contribution in [3.63, 3.8) is 0 Å². The maximum atomic E-state index is 11.7. The highest BCUT2D eigenvalue weighted by molar-refractivity contribution is 8.27. The first-order chi connectivity index (χ1) is 7.31. The maximum absolute atomic E-state index is 11.7. The second-order valence-electron chi connectivity index (χ2n) is 3.93. The number of allylic oxidation sites excluding steroid dienone is 4. The van der Waals surface area contributed by atoms with E-state index in [2.05, 4.69) is 22.1 Å². The van der Waals surface area contributed by atoms with Gasteiger partial charge in [0.15, 0.2) is 4.75 Å². The molecule has 2 atom stereocenters. The van der Waals surface area contributed by atoms with E-state index in [0.29, 0.717) is 5.92 Å². The molecular formula is C11H10N2OS. The van der Waals surface area contributed by atoms with E-state index in [1.54, 1.807) is 11.8 Å². The van der Waals surface area contributed by atoms with Crippen LogP contribution in [0.15, 0.2) is 34.3 Å². The fourth-order valence-electron chi connectivity index (χ4n) is 2.01. The summed E-state index contributed by atoms with van der Waals surface area (Å²) in [5, 5.41) is 0.949. The van der Waals surface area contributed by atoms with Crippen LogP contribution in [0.2, 0.25) is 0 Å². The Kier molecular flexibility index (Phi) is 1.92. The molecule has 3 nitrogen and oxygen atoms in total. The predicted octanol–water partition coefficient (Wildman–Crippen LogP) is 1.96. The average Bonchev–Trinajstić information content (AvgIpc) is 2.95. The van der Waals surface area contributed by atoms with Gasteiger partial charge in [-0.05, 0) is 18.8 Å². The Hall–Kier alpha value is -1.16. The molecule has 2 heterocycles. The summed E-state index contributed by atoms with van der Waals surface area (Å²) in [6.45, 7) is 0. The van der Waals surface area contributed by atoms with E-state index >= 15 is 0 Å². The number of amides is 1. The largest absolute Gasteiger partial charge is 0.270 e. The minimum absolute atomic E-state index is 0.0274. The molecule has 1 saturated heterocycles. The first-order valence-corrected chi connectivity index (χ1v) is 5.80. The topological polar surface area (TPSA) is 41.8 Å². The molecule has 2 unspecified atom stereocenters. The summed E-state index contributed by atoms with van der Waals surface area (Å²) in [4.78, 5) is 19.6. The molecule has 2 aliphatic heterocycles. The van der Waals surface area contributed by atoms with Crippen LogP contribution in [0, 0.1) is 5.92 Å². The third-order valence-electron chi connectivity index (χ3n) is 2.89. The van der Waals surface area contributed by atoms with Gasteiger partial charge in [0.05, 0.1) is 0 Å². The van der Waals surface area contributed by atoms with Gasteiger partial charge >= 0.3 is 0 Å².